The first kappa shape index (κ1) is 11.9. The monoisotopic (exact) mass is 276 g/mol. The van der Waals surface area contributed by atoms with Crippen LogP contribution in [-0.2, 0) is 6.42 Å². The average molecular weight is 277 g/mol. The van der Waals surface area contributed by atoms with Gasteiger partial charge in [-0.15, -0.1) is 0 Å². The molecule has 0 radical (unpaired) electrons. The standard InChI is InChI=1S/C9H7BrF2N2O/c1-15-8-5(9(11)12)4-7(10)14-6(8)2-3-13/h4,9H,2H2,1H3. The molecule has 0 bridgehead atoms. The van der Waals surface area contributed by atoms with Crippen molar-refractivity contribution in [2.45, 2.75) is 12.8 Å². The van der Waals surface area contributed by atoms with Crippen LogP contribution < -0.4 is 4.74 Å². The lowest BCUT2D eigenvalue weighted by atomic mass is 10.2. The van der Waals surface area contributed by atoms with Gasteiger partial charge in [0, 0.05) is 0 Å². The van der Waals surface area contributed by atoms with E-state index in [0.29, 0.717) is 0 Å². The van der Waals surface area contributed by atoms with E-state index < -0.39 is 6.43 Å². The smallest absolute Gasteiger partial charge is 0.267 e. The summed E-state index contributed by atoms with van der Waals surface area (Å²) in [5, 5.41) is 8.51. The van der Waals surface area contributed by atoms with Gasteiger partial charge in [0.2, 0.25) is 0 Å². The van der Waals surface area contributed by atoms with Gasteiger partial charge in [-0.3, -0.25) is 0 Å². The van der Waals surface area contributed by atoms with Gasteiger partial charge in [-0.1, -0.05) is 0 Å². The lowest BCUT2D eigenvalue weighted by Gasteiger charge is -2.11. The maximum Gasteiger partial charge on any atom is 0.267 e. The molecule has 0 fully saturated rings. The Labute approximate surface area is 93.8 Å². The van der Waals surface area contributed by atoms with Crippen molar-refractivity contribution in [1.82, 2.24) is 4.98 Å². The molecule has 0 aliphatic rings. The van der Waals surface area contributed by atoms with Crippen LogP contribution in [-0.4, -0.2) is 12.1 Å². The number of hydrogen-bond acceptors (Lipinski definition) is 3. The molecule has 80 valence electrons. The van der Waals surface area contributed by atoms with Gasteiger partial charge < -0.3 is 4.74 Å². The molecule has 0 spiro atoms. The second-order valence-electron chi connectivity index (χ2n) is 2.65. The second-order valence-corrected chi connectivity index (χ2v) is 3.46. The Balaban J connectivity index is 3.33. The van der Waals surface area contributed by atoms with E-state index in [2.05, 4.69) is 20.9 Å². The summed E-state index contributed by atoms with van der Waals surface area (Å²) in [5.41, 5.74) is -0.0469. The van der Waals surface area contributed by atoms with Crippen LogP contribution in [0.2, 0.25) is 0 Å². The highest BCUT2D eigenvalue weighted by atomic mass is 79.9. The van der Waals surface area contributed by atoms with Crippen LogP contribution in [0.4, 0.5) is 8.78 Å². The molecule has 0 unspecified atom stereocenters. The fraction of sp³-hybridized carbons (Fsp3) is 0.333. The van der Waals surface area contributed by atoms with E-state index in [9.17, 15) is 8.78 Å². The summed E-state index contributed by atoms with van der Waals surface area (Å²) in [6, 6.07) is 3.03. The third-order valence-corrected chi connectivity index (χ3v) is 2.13. The largest absolute Gasteiger partial charge is 0.494 e. The number of hydrogen-bond donors (Lipinski definition) is 0. The first-order chi connectivity index (χ1) is 7.10. The molecule has 0 N–H and O–H groups in total. The van der Waals surface area contributed by atoms with Crippen LogP contribution in [0.15, 0.2) is 10.7 Å². The highest BCUT2D eigenvalue weighted by Crippen LogP contribution is 2.33. The highest BCUT2D eigenvalue weighted by molar-refractivity contribution is 9.10. The zero-order chi connectivity index (χ0) is 11.4. The molecule has 1 aromatic heterocycles. The van der Waals surface area contributed by atoms with E-state index in [0.717, 1.165) is 0 Å². The Morgan fingerprint density at radius 1 is 1.67 bits per heavy atom. The summed E-state index contributed by atoms with van der Waals surface area (Å²) in [6.45, 7) is 0. The molecule has 1 heterocycles. The average Bonchev–Trinajstić information content (AvgIpc) is 2.17. The Morgan fingerprint density at radius 3 is 2.80 bits per heavy atom. The second kappa shape index (κ2) is 5.03. The number of nitriles is 1. The fourth-order valence-electron chi connectivity index (χ4n) is 1.16. The van der Waals surface area contributed by atoms with Crippen LogP contribution in [0.1, 0.15) is 17.7 Å². The van der Waals surface area contributed by atoms with E-state index >= 15 is 0 Å². The van der Waals surface area contributed by atoms with Gasteiger partial charge in [0.1, 0.15) is 10.4 Å². The van der Waals surface area contributed by atoms with Crippen molar-refractivity contribution < 1.29 is 13.5 Å². The van der Waals surface area contributed by atoms with E-state index in [1.54, 1.807) is 0 Å². The molecule has 6 heteroatoms. The molecule has 0 aliphatic heterocycles. The van der Waals surface area contributed by atoms with Crippen LogP contribution in [0.3, 0.4) is 0 Å². The van der Waals surface area contributed by atoms with Gasteiger partial charge in [0.15, 0.2) is 0 Å². The number of alkyl halides is 2. The van der Waals surface area contributed by atoms with Crippen LogP contribution >= 0.6 is 15.9 Å². The summed E-state index contributed by atoms with van der Waals surface area (Å²) >= 11 is 3.01. The van der Waals surface area contributed by atoms with Gasteiger partial charge >= 0.3 is 0 Å². The lowest BCUT2D eigenvalue weighted by molar-refractivity contribution is 0.146. The summed E-state index contributed by atoms with van der Waals surface area (Å²) in [6.07, 6.45) is -2.72. The van der Waals surface area contributed by atoms with Crippen LogP contribution in [0.25, 0.3) is 0 Å². The summed E-state index contributed by atoms with van der Waals surface area (Å²) < 4.78 is 30.3. The third kappa shape index (κ3) is 2.63. The molecule has 0 aliphatic carbocycles. The van der Waals surface area contributed by atoms with Gasteiger partial charge in [-0.05, 0) is 22.0 Å². The zero-order valence-electron chi connectivity index (χ0n) is 7.80. The Morgan fingerprint density at radius 2 is 2.33 bits per heavy atom. The maximum absolute atomic E-state index is 12.6. The molecule has 0 amide bonds. The van der Waals surface area contributed by atoms with Gasteiger partial charge in [-0.25, -0.2) is 13.8 Å². The minimum absolute atomic E-state index is 0.0187. The molecule has 0 aromatic carbocycles. The molecular formula is C9H7BrF2N2O. The first-order valence-electron chi connectivity index (χ1n) is 3.98. The Bertz CT molecular complexity index is 404. The van der Waals surface area contributed by atoms with Gasteiger partial charge in [0.05, 0.1) is 30.9 Å². The molecule has 0 saturated heterocycles. The summed E-state index contributed by atoms with van der Waals surface area (Å²) in [7, 11) is 1.28. The quantitative estimate of drug-likeness (QED) is 0.798. The minimum atomic E-state index is -2.66. The molecule has 1 aromatic rings. The van der Waals surface area contributed by atoms with Crippen molar-refractivity contribution in [2.75, 3.05) is 7.11 Å². The maximum atomic E-state index is 12.6. The number of ether oxygens (including phenoxy) is 1. The van der Waals surface area contributed by atoms with Gasteiger partial charge in [-0.2, -0.15) is 5.26 Å². The summed E-state index contributed by atoms with van der Waals surface area (Å²) in [4.78, 5) is 3.91. The number of pyridine rings is 1. The number of aromatic nitrogens is 1. The van der Waals surface area contributed by atoms with E-state index in [1.807, 2.05) is 6.07 Å². The topological polar surface area (TPSA) is 45.9 Å². The van der Waals surface area contributed by atoms with Crippen molar-refractivity contribution >= 4 is 15.9 Å². The SMILES string of the molecule is COc1c(C(F)F)cc(Br)nc1CC#N. The van der Waals surface area contributed by atoms with E-state index in [4.69, 9.17) is 10.00 Å². The Kier molecular flexibility index (Phi) is 3.97. The van der Waals surface area contributed by atoms with Gasteiger partial charge in [0.25, 0.3) is 6.43 Å². The zero-order valence-corrected chi connectivity index (χ0v) is 9.38. The molecule has 0 saturated carbocycles. The van der Waals surface area contributed by atoms with Crippen molar-refractivity contribution in [2.24, 2.45) is 0 Å². The van der Waals surface area contributed by atoms with Crippen molar-refractivity contribution in [3.63, 3.8) is 0 Å². The van der Waals surface area contributed by atoms with Crippen LogP contribution in [0, 0.1) is 11.3 Å². The minimum Gasteiger partial charge on any atom is -0.494 e. The van der Waals surface area contributed by atoms with Crippen molar-refractivity contribution in [1.29, 1.82) is 5.26 Å². The lowest BCUT2D eigenvalue weighted by Crippen LogP contribution is -2.01. The summed E-state index contributed by atoms with van der Waals surface area (Å²) in [5.74, 6) is -0.0187. The number of methoxy groups -OCH3 is 1. The highest BCUT2D eigenvalue weighted by Gasteiger charge is 2.19. The normalized spacial score (nSPS) is 10.1. The van der Waals surface area contributed by atoms with Crippen molar-refractivity contribution in [3.05, 3.63) is 21.9 Å². The number of nitrogens with zero attached hydrogens (tertiary/aromatic N) is 2. The molecule has 15 heavy (non-hydrogen) atoms. The van der Waals surface area contributed by atoms with E-state index in [1.165, 1.54) is 13.2 Å². The number of rotatable bonds is 3. The van der Waals surface area contributed by atoms with Crippen LogP contribution in [0.5, 0.6) is 5.75 Å². The predicted octanol–water partition coefficient (Wildman–Crippen LogP) is 2.86. The van der Waals surface area contributed by atoms with E-state index in [-0.39, 0.29) is 28.0 Å². The van der Waals surface area contributed by atoms with Crippen molar-refractivity contribution in [3.8, 4) is 11.8 Å². The molecule has 3 nitrogen and oxygen atoms in total. The fourth-order valence-corrected chi connectivity index (χ4v) is 1.63. The number of halogens is 3. The molecule has 0 atom stereocenters. The third-order valence-electron chi connectivity index (χ3n) is 1.73. The molecular weight excluding hydrogens is 270 g/mol. The Hall–Kier alpha value is -1.22. The first-order valence-corrected chi connectivity index (χ1v) is 4.77. The predicted molar refractivity (Wildman–Crippen MR) is 52.8 cm³/mol. The molecule has 1 rings (SSSR count).